The number of H-pyrrole nitrogens is 1. The van der Waals surface area contributed by atoms with E-state index >= 15 is 0 Å². The minimum absolute atomic E-state index is 0.0726. The predicted molar refractivity (Wildman–Crippen MR) is 129 cm³/mol. The van der Waals surface area contributed by atoms with E-state index in [9.17, 15) is 14.0 Å². The van der Waals surface area contributed by atoms with Gasteiger partial charge in [0.15, 0.2) is 5.82 Å². The number of aromatic amines is 1. The first-order chi connectivity index (χ1) is 15.9. The lowest BCUT2D eigenvalue weighted by molar-refractivity contribution is 0.0958. The fraction of sp³-hybridized carbons (Fsp3) is 0.391. The Bertz CT molecular complexity index is 1190. The largest absolute Gasteiger partial charge is 0.368 e. The van der Waals surface area contributed by atoms with Gasteiger partial charge in [0.1, 0.15) is 16.9 Å². The zero-order chi connectivity index (χ0) is 24.1. The maximum atomic E-state index is 14.6. The summed E-state index contributed by atoms with van der Waals surface area (Å²) in [6.07, 6.45) is 1.70. The summed E-state index contributed by atoms with van der Waals surface area (Å²) in [6, 6.07) is 4.98. The van der Waals surface area contributed by atoms with Crippen LogP contribution in [0.4, 0.5) is 10.1 Å². The third kappa shape index (κ3) is 5.31. The summed E-state index contributed by atoms with van der Waals surface area (Å²) in [5.74, 6) is -0.725. The Hall–Kier alpha value is -3.04. The van der Waals surface area contributed by atoms with E-state index in [4.69, 9.17) is 11.6 Å². The number of nitrogens with one attached hydrogen (secondary N) is 2. The van der Waals surface area contributed by atoms with E-state index in [1.165, 1.54) is 13.0 Å². The molecule has 1 aromatic carbocycles. The number of piperazine rings is 1. The van der Waals surface area contributed by atoms with Crippen LogP contribution in [-0.4, -0.2) is 59.0 Å². The summed E-state index contributed by atoms with van der Waals surface area (Å²) in [5, 5.41) is 2.87. The first-order valence-electron chi connectivity index (χ1n) is 10.9. The molecule has 0 atom stereocenters. The molecule has 0 unspecified atom stereocenters. The quantitative estimate of drug-likeness (QED) is 0.603. The summed E-state index contributed by atoms with van der Waals surface area (Å²) >= 11 is 6.48. The Balaban J connectivity index is 0.00000149. The fourth-order valence-electron chi connectivity index (χ4n) is 3.67. The van der Waals surface area contributed by atoms with E-state index in [0.29, 0.717) is 22.8 Å². The van der Waals surface area contributed by atoms with E-state index < -0.39 is 5.82 Å². The highest BCUT2D eigenvalue weighted by Gasteiger charge is 2.21. The van der Waals surface area contributed by atoms with Gasteiger partial charge in [0, 0.05) is 39.8 Å². The third-order valence-electron chi connectivity index (χ3n) is 5.45. The van der Waals surface area contributed by atoms with E-state index in [2.05, 4.69) is 30.1 Å². The van der Waals surface area contributed by atoms with Gasteiger partial charge in [-0.25, -0.2) is 14.4 Å². The van der Waals surface area contributed by atoms with Crippen molar-refractivity contribution in [3.63, 3.8) is 0 Å². The molecule has 176 valence electrons. The Labute approximate surface area is 196 Å². The van der Waals surface area contributed by atoms with Crippen molar-refractivity contribution in [2.75, 3.05) is 38.1 Å². The maximum Gasteiger partial charge on any atom is 0.269 e. The molecule has 1 saturated heterocycles. The van der Waals surface area contributed by atoms with Gasteiger partial charge in [0.05, 0.1) is 22.4 Å². The first-order valence-corrected chi connectivity index (χ1v) is 11.3. The zero-order valence-corrected chi connectivity index (χ0v) is 20.0. The molecule has 3 heterocycles. The van der Waals surface area contributed by atoms with Crippen LogP contribution in [0.15, 0.2) is 29.2 Å². The molecule has 8 nitrogen and oxygen atoms in total. The van der Waals surface area contributed by atoms with Crippen LogP contribution in [0.25, 0.3) is 11.0 Å². The second-order valence-corrected chi connectivity index (χ2v) is 7.83. The lowest BCUT2D eigenvalue weighted by Gasteiger charge is -2.36. The Morgan fingerprint density at radius 3 is 2.55 bits per heavy atom. The number of hydrogen-bond acceptors (Lipinski definition) is 6. The van der Waals surface area contributed by atoms with Gasteiger partial charge in [-0.1, -0.05) is 25.4 Å². The Morgan fingerprint density at radius 2 is 1.94 bits per heavy atom. The molecule has 1 amide bonds. The molecule has 0 saturated carbocycles. The third-order valence-corrected chi connectivity index (χ3v) is 5.88. The molecule has 33 heavy (non-hydrogen) atoms. The highest BCUT2D eigenvalue weighted by atomic mass is 35.5. The summed E-state index contributed by atoms with van der Waals surface area (Å²) in [4.78, 5) is 38.8. The van der Waals surface area contributed by atoms with Crippen LogP contribution in [0.2, 0.25) is 5.02 Å². The van der Waals surface area contributed by atoms with Gasteiger partial charge in [-0.05, 0) is 30.7 Å². The number of aromatic nitrogens is 3. The minimum Gasteiger partial charge on any atom is -0.368 e. The number of fused-ring (bicyclic) bond motifs is 1. The van der Waals surface area contributed by atoms with Crippen LogP contribution >= 0.6 is 11.6 Å². The van der Waals surface area contributed by atoms with E-state index in [0.717, 1.165) is 31.9 Å². The molecule has 0 spiro atoms. The molecule has 0 aliphatic carbocycles. The lowest BCUT2D eigenvalue weighted by atomic mass is 10.1. The van der Waals surface area contributed by atoms with Crippen molar-refractivity contribution in [1.82, 2.24) is 25.2 Å². The number of amides is 1. The number of halogens is 2. The molecule has 1 aliphatic rings. The molecule has 2 aromatic heterocycles. The number of rotatable bonds is 4. The van der Waals surface area contributed by atoms with Crippen LogP contribution in [0.3, 0.4) is 0 Å². The van der Waals surface area contributed by atoms with Crippen molar-refractivity contribution >= 4 is 34.2 Å². The van der Waals surface area contributed by atoms with Crippen LogP contribution < -0.4 is 15.8 Å². The normalized spacial score (nSPS) is 14.1. The monoisotopic (exact) mass is 474 g/mol. The standard InChI is InChI=1S/C21H22ClFN6O2.C2H6/c1-12-20(30)27-19-17(22)13(9-15(23)18(19)26-12)11-28-5-7-29(8-6-28)14-3-4-16(25-10-14)21(31)24-2;1-2/h3-4,9-10H,5-8,11H2,1-2H3,(H,24,31)(H,27,30);1-2H3. The van der Waals surface area contributed by atoms with Crippen LogP contribution in [-0.2, 0) is 6.54 Å². The number of pyridine rings is 1. The predicted octanol–water partition coefficient (Wildman–Crippen LogP) is 3.13. The van der Waals surface area contributed by atoms with Crippen molar-refractivity contribution in [2.45, 2.75) is 27.3 Å². The number of hydrogen-bond donors (Lipinski definition) is 2. The van der Waals surface area contributed by atoms with Gasteiger partial charge in [-0.2, -0.15) is 0 Å². The van der Waals surface area contributed by atoms with Crippen molar-refractivity contribution in [2.24, 2.45) is 0 Å². The molecule has 2 N–H and O–H groups in total. The number of carbonyl (C=O) groups excluding carboxylic acids is 1. The minimum atomic E-state index is -0.505. The molecule has 3 aromatic rings. The van der Waals surface area contributed by atoms with Crippen LogP contribution in [0.5, 0.6) is 0 Å². The Morgan fingerprint density at radius 1 is 1.24 bits per heavy atom. The summed E-state index contributed by atoms with van der Waals surface area (Å²) in [5.41, 5.74) is 2.05. The second kappa shape index (κ2) is 10.7. The average molecular weight is 475 g/mol. The van der Waals surface area contributed by atoms with Crippen molar-refractivity contribution < 1.29 is 9.18 Å². The highest BCUT2D eigenvalue weighted by molar-refractivity contribution is 6.35. The molecule has 0 bridgehead atoms. The van der Waals surface area contributed by atoms with E-state index in [1.54, 1.807) is 19.3 Å². The first kappa shape index (κ1) is 24.6. The van der Waals surface area contributed by atoms with Gasteiger partial charge >= 0.3 is 0 Å². The number of carbonyl (C=O) groups is 1. The SMILES string of the molecule is CC.CNC(=O)c1ccc(N2CCN(Cc3cc(F)c4nc(C)c(=O)[nH]c4c3Cl)CC2)cn1. The van der Waals surface area contributed by atoms with Crippen LogP contribution in [0, 0.1) is 12.7 Å². The summed E-state index contributed by atoms with van der Waals surface area (Å²) < 4.78 is 14.6. The summed E-state index contributed by atoms with van der Waals surface area (Å²) in [7, 11) is 1.57. The molecular formula is C23H28ClFN6O2. The second-order valence-electron chi connectivity index (χ2n) is 7.45. The molecule has 1 fully saturated rings. The number of aryl methyl sites for hydroxylation is 1. The van der Waals surface area contributed by atoms with E-state index in [1.807, 2.05) is 19.9 Å². The molecule has 1 aliphatic heterocycles. The number of nitrogens with zero attached hydrogens (tertiary/aromatic N) is 4. The number of benzene rings is 1. The van der Waals surface area contributed by atoms with Gasteiger partial charge in [0.25, 0.3) is 11.5 Å². The van der Waals surface area contributed by atoms with Gasteiger partial charge in [-0.3, -0.25) is 14.5 Å². The van der Waals surface area contributed by atoms with Gasteiger partial charge in [0.2, 0.25) is 0 Å². The Kier molecular flexibility index (Phi) is 7.99. The fourth-order valence-corrected chi connectivity index (χ4v) is 3.92. The molecule has 4 rings (SSSR count). The van der Waals surface area contributed by atoms with Crippen molar-refractivity contribution in [3.05, 3.63) is 62.5 Å². The molecule has 10 heteroatoms. The van der Waals surface area contributed by atoms with Crippen LogP contribution in [0.1, 0.15) is 35.6 Å². The van der Waals surface area contributed by atoms with E-state index in [-0.39, 0.29) is 28.2 Å². The van der Waals surface area contributed by atoms with Crippen molar-refractivity contribution in [1.29, 1.82) is 0 Å². The smallest absolute Gasteiger partial charge is 0.269 e. The van der Waals surface area contributed by atoms with Gasteiger partial charge < -0.3 is 15.2 Å². The van der Waals surface area contributed by atoms with Crippen molar-refractivity contribution in [3.8, 4) is 0 Å². The zero-order valence-electron chi connectivity index (χ0n) is 19.2. The number of anilines is 1. The molecular weight excluding hydrogens is 447 g/mol. The molecule has 0 radical (unpaired) electrons. The van der Waals surface area contributed by atoms with Gasteiger partial charge in [-0.15, -0.1) is 0 Å². The summed E-state index contributed by atoms with van der Waals surface area (Å²) in [6.45, 7) is 8.99. The highest BCUT2D eigenvalue weighted by Crippen LogP contribution is 2.28. The maximum absolute atomic E-state index is 14.6. The lowest BCUT2D eigenvalue weighted by Crippen LogP contribution is -2.46. The average Bonchev–Trinajstić information content (AvgIpc) is 2.85. The topological polar surface area (TPSA) is 94.2 Å².